The Labute approximate surface area is 47.2 Å². The van der Waals surface area contributed by atoms with E-state index in [-0.39, 0.29) is 12.5 Å². The van der Waals surface area contributed by atoms with Crippen molar-refractivity contribution < 1.29 is 9.53 Å². The van der Waals surface area contributed by atoms with Gasteiger partial charge in [-0.3, -0.25) is 9.80 Å². The highest BCUT2D eigenvalue weighted by atomic mass is 16.5. The summed E-state index contributed by atoms with van der Waals surface area (Å²) in [4.78, 5) is 10.5. The van der Waals surface area contributed by atoms with Gasteiger partial charge in [0.05, 0.1) is 13.2 Å². The summed E-state index contributed by atoms with van der Waals surface area (Å²) in [5.41, 5.74) is 0. The molecule has 0 aromatic heterocycles. The summed E-state index contributed by atoms with van der Waals surface area (Å²) in [6.07, 6.45) is 0. The number of morpholine rings is 1. The Hall–Kier alpha value is -0.610. The number of rotatable bonds is 0. The Morgan fingerprint density at radius 1 is 1.75 bits per heavy atom. The van der Waals surface area contributed by atoms with Crippen LogP contribution in [-0.2, 0) is 9.53 Å². The molecule has 0 saturated carbocycles. The monoisotopic (exact) mass is 116 g/mol. The van der Waals surface area contributed by atoms with Gasteiger partial charge in [0.15, 0.2) is 0 Å². The summed E-state index contributed by atoms with van der Waals surface area (Å²) in [7, 11) is 0. The predicted molar refractivity (Wildman–Crippen MR) is 26.7 cm³/mol. The number of nitrogens with zero attached hydrogens (tertiary/aromatic N) is 1. The van der Waals surface area contributed by atoms with E-state index in [9.17, 15) is 4.79 Å². The fourth-order valence-electron chi connectivity index (χ4n) is 0.530. The molecule has 1 fully saturated rings. The van der Waals surface area contributed by atoms with E-state index >= 15 is 0 Å². The molecule has 0 radical (unpaired) electrons. The molecule has 0 atom stereocenters. The van der Waals surface area contributed by atoms with Crippen molar-refractivity contribution in [2.24, 2.45) is 5.84 Å². The molecular formula is C4H8N2O2. The van der Waals surface area contributed by atoms with Crippen LogP contribution < -0.4 is 5.84 Å². The van der Waals surface area contributed by atoms with E-state index in [1.165, 1.54) is 5.01 Å². The number of hydrogen-bond donors (Lipinski definition) is 1. The molecule has 0 spiro atoms. The molecule has 0 aromatic carbocycles. The minimum absolute atomic E-state index is 0.135. The second-order valence-corrected chi connectivity index (χ2v) is 1.64. The van der Waals surface area contributed by atoms with Crippen LogP contribution in [0.4, 0.5) is 0 Å². The molecule has 1 saturated heterocycles. The van der Waals surface area contributed by atoms with Gasteiger partial charge < -0.3 is 4.74 Å². The highest BCUT2D eigenvalue weighted by Crippen LogP contribution is 1.89. The number of hydrazine groups is 1. The van der Waals surface area contributed by atoms with Gasteiger partial charge in [-0.15, -0.1) is 0 Å². The first-order chi connectivity index (χ1) is 3.80. The first-order valence-electron chi connectivity index (χ1n) is 2.43. The number of amides is 1. The van der Waals surface area contributed by atoms with E-state index in [1.807, 2.05) is 0 Å². The molecule has 1 aliphatic heterocycles. The lowest BCUT2D eigenvalue weighted by molar-refractivity contribution is -0.142. The number of carbonyl (C=O) groups is 1. The molecule has 2 N–H and O–H groups in total. The highest BCUT2D eigenvalue weighted by molar-refractivity contribution is 5.77. The molecule has 0 unspecified atom stereocenters. The van der Waals surface area contributed by atoms with Gasteiger partial charge in [-0.2, -0.15) is 0 Å². The Morgan fingerprint density at radius 2 is 2.50 bits per heavy atom. The summed E-state index contributed by atoms with van der Waals surface area (Å²) < 4.78 is 4.78. The molecule has 1 rings (SSSR count). The van der Waals surface area contributed by atoms with Crippen LogP contribution in [-0.4, -0.2) is 30.7 Å². The van der Waals surface area contributed by atoms with Gasteiger partial charge in [-0.05, 0) is 0 Å². The molecule has 0 aliphatic carbocycles. The van der Waals surface area contributed by atoms with Gasteiger partial charge in [0.1, 0.15) is 6.61 Å². The fourth-order valence-corrected chi connectivity index (χ4v) is 0.530. The molecular weight excluding hydrogens is 108 g/mol. The van der Waals surface area contributed by atoms with Crippen molar-refractivity contribution in [1.82, 2.24) is 5.01 Å². The van der Waals surface area contributed by atoms with Crippen molar-refractivity contribution in [3.05, 3.63) is 0 Å². The van der Waals surface area contributed by atoms with Crippen LogP contribution in [0.5, 0.6) is 0 Å². The summed E-state index contributed by atoms with van der Waals surface area (Å²) in [5, 5.41) is 1.17. The average Bonchev–Trinajstić information content (AvgIpc) is 1.77. The maximum atomic E-state index is 10.5. The standard InChI is InChI=1S/C4H8N2O2/c5-6-1-2-8-3-4(6)7/h1-3,5H2. The number of hydrogen-bond acceptors (Lipinski definition) is 3. The second kappa shape index (κ2) is 2.11. The smallest absolute Gasteiger partial charge is 0.262 e. The van der Waals surface area contributed by atoms with E-state index in [0.29, 0.717) is 13.2 Å². The molecule has 46 valence electrons. The SMILES string of the molecule is NN1CCOCC1=O. The molecule has 4 heteroatoms. The van der Waals surface area contributed by atoms with Crippen molar-refractivity contribution in [2.75, 3.05) is 19.8 Å². The fraction of sp³-hybridized carbons (Fsp3) is 0.750. The van der Waals surface area contributed by atoms with E-state index in [2.05, 4.69) is 0 Å². The normalized spacial score (nSPS) is 21.6. The lowest BCUT2D eigenvalue weighted by Crippen LogP contribution is -2.46. The van der Waals surface area contributed by atoms with E-state index in [0.717, 1.165) is 0 Å². The first kappa shape index (κ1) is 5.53. The zero-order valence-corrected chi connectivity index (χ0v) is 4.46. The van der Waals surface area contributed by atoms with Crippen molar-refractivity contribution >= 4 is 5.91 Å². The quantitative estimate of drug-likeness (QED) is 0.317. The van der Waals surface area contributed by atoms with Gasteiger partial charge >= 0.3 is 0 Å². The van der Waals surface area contributed by atoms with Gasteiger partial charge in [-0.25, -0.2) is 5.84 Å². The van der Waals surface area contributed by atoms with Gasteiger partial charge in [0.25, 0.3) is 5.91 Å². The molecule has 1 heterocycles. The van der Waals surface area contributed by atoms with Gasteiger partial charge in [0.2, 0.25) is 0 Å². The van der Waals surface area contributed by atoms with Crippen molar-refractivity contribution in [1.29, 1.82) is 0 Å². The van der Waals surface area contributed by atoms with E-state index < -0.39 is 0 Å². The number of ether oxygens (including phenoxy) is 1. The van der Waals surface area contributed by atoms with Crippen molar-refractivity contribution in [2.45, 2.75) is 0 Å². The van der Waals surface area contributed by atoms with Crippen LogP contribution in [0.3, 0.4) is 0 Å². The lowest BCUT2D eigenvalue weighted by Gasteiger charge is -2.20. The molecule has 1 amide bonds. The third-order valence-corrected chi connectivity index (χ3v) is 1.02. The van der Waals surface area contributed by atoms with Crippen molar-refractivity contribution in [3.63, 3.8) is 0 Å². The summed E-state index contributed by atoms with van der Waals surface area (Å²) in [5.74, 6) is 5.04. The Kier molecular flexibility index (Phi) is 1.45. The second-order valence-electron chi connectivity index (χ2n) is 1.64. The molecule has 4 nitrogen and oxygen atoms in total. The molecule has 0 bridgehead atoms. The molecule has 1 aliphatic rings. The maximum absolute atomic E-state index is 10.5. The predicted octanol–water partition coefficient (Wildman–Crippen LogP) is -1.28. The minimum Gasteiger partial charge on any atom is -0.370 e. The number of carbonyl (C=O) groups excluding carboxylic acids is 1. The first-order valence-corrected chi connectivity index (χ1v) is 2.43. The molecule has 8 heavy (non-hydrogen) atoms. The minimum atomic E-state index is -0.142. The Balaban J connectivity index is 2.39. The molecule has 0 aromatic rings. The van der Waals surface area contributed by atoms with Gasteiger partial charge in [-0.1, -0.05) is 0 Å². The number of nitrogens with two attached hydrogens (primary N) is 1. The summed E-state index contributed by atoms with van der Waals surface area (Å²) >= 11 is 0. The average molecular weight is 116 g/mol. The van der Waals surface area contributed by atoms with E-state index in [1.54, 1.807) is 0 Å². The van der Waals surface area contributed by atoms with Crippen LogP contribution in [0.25, 0.3) is 0 Å². The zero-order valence-electron chi connectivity index (χ0n) is 4.46. The van der Waals surface area contributed by atoms with Crippen molar-refractivity contribution in [3.8, 4) is 0 Å². The van der Waals surface area contributed by atoms with Crippen LogP contribution in [0.2, 0.25) is 0 Å². The Morgan fingerprint density at radius 3 is 2.88 bits per heavy atom. The Bertz CT molecular complexity index is 104. The van der Waals surface area contributed by atoms with E-state index in [4.69, 9.17) is 10.6 Å². The summed E-state index contributed by atoms with van der Waals surface area (Å²) in [6, 6.07) is 0. The van der Waals surface area contributed by atoms with Crippen LogP contribution in [0.15, 0.2) is 0 Å². The highest BCUT2D eigenvalue weighted by Gasteiger charge is 2.13. The van der Waals surface area contributed by atoms with Crippen LogP contribution in [0, 0.1) is 0 Å². The lowest BCUT2D eigenvalue weighted by atomic mass is 10.5. The largest absolute Gasteiger partial charge is 0.370 e. The third-order valence-electron chi connectivity index (χ3n) is 1.02. The van der Waals surface area contributed by atoms with Crippen LogP contribution in [0.1, 0.15) is 0 Å². The topological polar surface area (TPSA) is 55.6 Å². The third kappa shape index (κ3) is 0.962. The zero-order chi connectivity index (χ0) is 5.98. The van der Waals surface area contributed by atoms with Gasteiger partial charge in [0, 0.05) is 0 Å². The summed E-state index contributed by atoms with van der Waals surface area (Å²) in [6.45, 7) is 1.21. The maximum Gasteiger partial charge on any atom is 0.262 e. The van der Waals surface area contributed by atoms with Crippen LogP contribution >= 0.6 is 0 Å².